The van der Waals surface area contributed by atoms with Crippen LogP contribution in [0.4, 0.5) is 39.5 Å². The summed E-state index contributed by atoms with van der Waals surface area (Å²) in [6, 6.07) is 5.19. The summed E-state index contributed by atoms with van der Waals surface area (Å²) in [6.45, 7) is 11.5. The molecule has 4 heterocycles. The lowest BCUT2D eigenvalue weighted by atomic mass is 9.87. The van der Waals surface area contributed by atoms with Gasteiger partial charge in [-0.25, -0.2) is 14.4 Å². The monoisotopic (exact) mass is 691 g/mol. The Morgan fingerprint density at radius 3 is 1.60 bits per heavy atom. The van der Waals surface area contributed by atoms with Crippen LogP contribution in [0.25, 0.3) is 0 Å². The van der Waals surface area contributed by atoms with E-state index in [-0.39, 0.29) is 5.60 Å². The van der Waals surface area contributed by atoms with Gasteiger partial charge in [0, 0.05) is 61.6 Å². The zero-order valence-electron chi connectivity index (χ0n) is 24.1. The van der Waals surface area contributed by atoms with Crippen LogP contribution in [0.1, 0.15) is 29.0 Å². The summed E-state index contributed by atoms with van der Waals surface area (Å²) >= 11 is 1.94. The van der Waals surface area contributed by atoms with Gasteiger partial charge in [-0.15, -0.1) is 11.3 Å². The number of carboxylic acid groups (broad SMARTS) is 3. The number of piperidine rings is 1. The van der Waals surface area contributed by atoms with Crippen LogP contribution in [-0.2, 0) is 25.7 Å². The number of ether oxygens (including phenoxy) is 1. The van der Waals surface area contributed by atoms with E-state index in [0.29, 0.717) is 6.04 Å². The molecule has 45 heavy (non-hydrogen) atoms. The van der Waals surface area contributed by atoms with Crippen LogP contribution in [0.3, 0.4) is 0 Å². The first-order chi connectivity index (χ1) is 20.4. The maximum atomic E-state index is 10.6. The fraction of sp³-hybridized carbons (Fsp3) is 0.720. The minimum absolute atomic E-state index is 0.176. The first-order valence-corrected chi connectivity index (χ1v) is 14.0. The topological polar surface area (TPSA) is 131 Å². The van der Waals surface area contributed by atoms with Crippen LogP contribution in [0, 0.1) is 6.92 Å². The molecule has 0 amide bonds. The molecule has 3 N–H and O–H groups in total. The Morgan fingerprint density at radius 2 is 1.24 bits per heavy atom. The molecular weight excluding hydrogens is 657 g/mol. The number of alkyl halides is 9. The third-order valence-electron chi connectivity index (χ3n) is 6.91. The lowest BCUT2D eigenvalue weighted by Gasteiger charge is -2.39. The molecule has 3 saturated heterocycles. The standard InChI is InChI=1S/C19H31N3OS.3C2HF3O2/c1-16-3-4-18(24-16)14-21-7-5-19(6-8-21)13-17(15-23-19)22-11-9-20(2)10-12-22;3*3-2(4,5)1(6)7/h3-4,17H,5-15H2,1-2H3;3*(H,6,7). The average Bonchev–Trinajstić information content (AvgIpc) is 3.51. The van der Waals surface area contributed by atoms with E-state index in [1.54, 1.807) is 0 Å². The Labute approximate surface area is 255 Å². The number of rotatable bonds is 3. The molecule has 1 aromatic heterocycles. The Balaban J connectivity index is 0.000000396. The number of likely N-dealkylation sites (tertiary alicyclic amines) is 1. The number of hydrogen-bond acceptors (Lipinski definition) is 8. The van der Waals surface area contributed by atoms with Crippen LogP contribution < -0.4 is 0 Å². The van der Waals surface area contributed by atoms with Gasteiger partial charge < -0.3 is 25.0 Å². The van der Waals surface area contributed by atoms with Gasteiger partial charge in [-0.3, -0.25) is 9.80 Å². The summed E-state index contributed by atoms with van der Waals surface area (Å²) in [5.41, 5.74) is 0.176. The van der Waals surface area contributed by atoms with Gasteiger partial charge in [0.25, 0.3) is 0 Å². The van der Waals surface area contributed by atoms with Gasteiger partial charge in [-0.2, -0.15) is 39.5 Å². The maximum Gasteiger partial charge on any atom is 0.490 e. The first kappa shape index (κ1) is 40.3. The minimum atomic E-state index is -5.08. The lowest BCUT2D eigenvalue weighted by molar-refractivity contribution is -0.193. The highest BCUT2D eigenvalue weighted by atomic mass is 32.1. The number of carbonyl (C=O) groups is 3. The molecule has 3 aliphatic heterocycles. The SMILES string of the molecule is Cc1ccc(CN2CCC3(CC2)CC(N2CCN(C)CC2)CO3)s1.O=C(O)C(F)(F)F.O=C(O)C(F)(F)F.O=C(O)C(F)(F)F. The summed E-state index contributed by atoms with van der Waals surface area (Å²) in [5.74, 6) is -8.27. The van der Waals surface area contributed by atoms with E-state index in [9.17, 15) is 39.5 Å². The molecule has 20 heteroatoms. The molecule has 1 aromatic rings. The molecule has 10 nitrogen and oxygen atoms in total. The number of aryl methyl sites for hydroxylation is 1. The highest BCUT2D eigenvalue weighted by Crippen LogP contribution is 2.38. The van der Waals surface area contributed by atoms with Crippen molar-refractivity contribution in [2.45, 2.75) is 62.9 Å². The van der Waals surface area contributed by atoms with Crippen LogP contribution in [0.5, 0.6) is 0 Å². The molecule has 4 rings (SSSR count). The fourth-order valence-corrected chi connectivity index (χ4v) is 5.43. The van der Waals surface area contributed by atoms with Gasteiger partial charge in [-0.1, -0.05) is 0 Å². The third kappa shape index (κ3) is 15.0. The maximum absolute atomic E-state index is 10.6. The van der Waals surface area contributed by atoms with E-state index in [2.05, 4.69) is 40.8 Å². The van der Waals surface area contributed by atoms with Crippen molar-refractivity contribution in [3.05, 3.63) is 21.9 Å². The summed E-state index contributed by atoms with van der Waals surface area (Å²) in [4.78, 5) is 37.3. The van der Waals surface area contributed by atoms with E-state index in [1.165, 1.54) is 68.3 Å². The van der Waals surface area contributed by atoms with Crippen LogP contribution in [0.15, 0.2) is 12.1 Å². The van der Waals surface area contributed by atoms with Gasteiger partial charge in [0.1, 0.15) is 0 Å². The normalized spacial score (nSPS) is 21.0. The fourth-order valence-electron chi connectivity index (χ4n) is 4.50. The molecule has 0 radical (unpaired) electrons. The van der Waals surface area contributed by atoms with Crippen LogP contribution >= 0.6 is 11.3 Å². The molecule has 3 aliphatic rings. The molecule has 0 bridgehead atoms. The van der Waals surface area contributed by atoms with Crippen LogP contribution in [0.2, 0.25) is 0 Å². The van der Waals surface area contributed by atoms with E-state index >= 15 is 0 Å². The van der Waals surface area contributed by atoms with E-state index in [4.69, 9.17) is 34.4 Å². The van der Waals surface area contributed by atoms with Crippen molar-refractivity contribution in [3.8, 4) is 0 Å². The van der Waals surface area contributed by atoms with Crippen molar-refractivity contribution in [1.82, 2.24) is 14.7 Å². The quantitative estimate of drug-likeness (QED) is 0.394. The molecule has 1 atom stereocenters. The molecule has 3 fully saturated rings. The van der Waals surface area contributed by atoms with Crippen molar-refractivity contribution in [3.63, 3.8) is 0 Å². The summed E-state index contributed by atoms with van der Waals surface area (Å²) in [7, 11) is 2.23. The molecule has 1 unspecified atom stereocenters. The number of carboxylic acids is 3. The zero-order chi connectivity index (χ0) is 34.8. The molecule has 1 spiro atoms. The summed E-state index contributed by atoms with van der Waals surface area (Å²) in [6.07, 6.45) is -11.6. The molecule has 0 aliphatic carbocycles. The second-order valence-corrected chi connectivity index (χ2v) is 11.8. The van der Waals surface area contributed by atoms with Gasteiger partial charge >= 0.3 is 36.4 Å². The number of piperazine rings is 1. The van der Waals surface area contributed by atoms with E-state index in [1.807, 2.05) is 11.3 Å². The van der Waals surface area contributed by atoms with Crippen molar-refractivity contribution >= 4 is 29.2 Å². The predicted octanol–water partition coefficient (Wildman–Crippen LogP) is 4.33. The second kappa shape index (κ2) is 16.8. The summed E-state index contributed by atoms with van der Waals surface area (Å²) in [5, 5.41) is 21.4. The smallest absolute Gasteiger partial charge is 0.475 e. The highest BCUT2D eigenvalue weighted by molar-refractivity contribution is 7.11. The number of nitrogens with zero attached hydrogens (tertiary/aromatic N) is 3. The van der Waals surface area contributed by atoms with Gasteiger partial charge in [0.15, 0.2) is 0 Å². The number of thiophene rings is 1. The Kier molecular flexibility index (Phi) is 15.0. The van der Waals surface area contributed by atoms with Gasteiger partial charge in [0.2, 0.25) is 0 Å². The molecular formula is C25H34F9N3O7S. The van der Waals surface area contributed by atoms with E-state index < -0.39 is 36.4 Å². The minimum Gasteiger partial charge on any atom is -0.475 e. The van der Waals surface area contributed by atoms with Gasteiger partial charge in [-0.05, 0) is 45.4 Å². The van der Waals surface area contributed by atoms with Crippen molar-refractivity contribution in [1.29, 1.82) is 0 Å². The third-order valence-corrected chi connectivity index (χ3v) is 7.90. The number of likely N-dealkylation sites (N-methyl/N-ethyl adjacent to an activating group) is 1. The number of halogens is 9. The molecule has 0 saturated carbocycles. The average molecular weight is 692 g/mol. The number of hydrogen-bond donors (Lipinski definition) is 3. The Hall–Kier alpha value is -2.68. The van der Waals surface area contributed by atoms with E-state index in [0.717, 1.165) is 13.2 Å². The van der Waals surface area contributed by atoms with Crippen molar-refractivity contribution < 1.29 is 74.0 Å². The molecule has 260 valence electrons. The Morgan fingerprint density at radius 1 is 0.822 bits per heavy atom. The van der Waals surface area contributed by atoms with Crippen molar-refractivity contribution in [2.75, 3.05) is 52.9 Å². The zero-order valence-corrected chi connectivity index (χ0v) is 25.0. The predicted molar refractivity (Wildman–Crippen MR) is 141 cm³/mol. The van der Waals surface area contributed by atoms with Gasteiger partial charge in [0.05, 0.1) is 12.2 Å². The Bertz CT molecular complexity index is 1040. The second-order valence-electron chi connectivity index (χ2n) is 10.4. The highest BCUT2D eigenvalue weighted by Gasteiger charge is 2.44. The van der Waals surface area contributed by atoms with Crippen LogP contribution in [-0.4, -0.2) is 131 Å². The molecule has 0 aromatic carbocycles. The lowest BCUT2D eigenvalue weighted by Crippen LogP contribution is -2.50. The largest absolute Gasteiger partial charge is 0.490 e. The number of aliphatic carboxylic acids is 3. The van der Waals surface area contributed by atoms with Crippen molar-refractivity contribution in [2.24, 2.45) is 0 Å². The summed E-state index contributed by atoms with van der Waals surface area (Å²) < 4.78 is 102. The first-order valence-electron chi connectivity index (χ1n) is 13.2.